The second-order valence-electron chi connectivity index (χ2n) is 6.84. The highest BCUT2D eigenvalue weighted by Crippen LogP contribution is 2.25. The van der Waals surface area contributed by atoms with Crippen molar-refractivity contribution in [1.29, 1.82) is 0 Å². The van der Waals surface area contributed by atoms with Gasteiger partial charge in [-0.3, -0.25) is 14.5 Å². The largest absolute Gasteiger partial charge is 0.325 e. The summed E-state index contributed by atoms with van der Waals surface area (Å²) in [5, 5.41) is 6.17. The molecule has 0 atom stereocenters. The van der Waals surface area contributed by atoms with E-state index in [1.807, 2.05) is 6.92 Å². The first-order chi connectivity index (χ1) is 14.5. The molecule has 0 spiro atoms. The topological polar surface area (TPSA) is 98.8 Å². The van der Waals surface area contributed by atoms with Crippen LogP contribution in [0.5, 0.6) is 0 Å². The second kappa shape index (κ2) is 10.9. The van der Waals surface area contributed by atoms with Crippen molar-refractivity contribution >= 4 is 56.4 Å². The fourth-order valence-electron chi connectivity index (χ4n) is 2.59. The van der Waals surface area contributed by atoms with Gasteiger partial charge < -0.3 is 10.6 Å². The van der Waals surface area contributed by atoms with E-state index in [9.17, 15) is 18.0 Å². The van der Waals surface area contributed by atoms with Crippen molar-refractivity contribution in [2.45, 2.75) is 11.8 Å². The summed E-state index contributed by atoms with van der Waals surface area (Å²) >= 11 is 12.0. The van der Waals surface area contributed by atoms with E-state index in [1.165, 1.54) is 38.4 Å². The zero-order chi connectivity index (χ0) is 23.2. The van der Waals surface area contributed by atoms with E-state index in [4.69, 9.17) is 23.2 Å². The smallest absolute Gasteiger partial charge is 0.242 e. The molecule has 0 radical (unpaired) electrons. The van der Waals surface area contributed by atoms with Gasteiger partial charge in [-0.2, -0.15) is 0 Å². The lowest BCUT2D eigenvalue weighted by molar-refractivity contribution is -0.119. The fraction of sp³-hybridized carbons (Fsp3) is 0.300. The molecule has 2 rings (SSSR count). The van der Waals surface area contributed by atoms with Gasteiger partial charge in [0.1, 0.15) is 0 Å². The lowest BCUT2D eigenvalue weighted by Gasteiger charge is -2.19. The minimum absolute atomic E-state index is 0.0211. The first-order valence-electron chi connectivity index (χ1n) is 9.32. The predicted molar refractivity (Wildman–Crippen MR) is 123 cm³/mol. The molecule has 0 bridgehead atoms. The number of hydrogen-bond acceptors (Lipinski definition) is 5. The fourth-order valence-corrected chi connectivity index (χ4v) is 3.83. The highest BCUT2D eigenvalue weighted by atomic mass is 35.5. The van der Waals surface area contributed by atoms with Gasteiger partial charge in [0.2, 0.25) is 21.8 Å². The molecule has 0 aliphatic rings. The van der Waals surface area contributed by atoms with Gasteiger partial charge in [-0.25, -0.2) is 12.7 Å². The first kappa shape index (κ1) is 25.1. The number of amides is 2. The molecule has 0 fully saturated rings. The Labute approximate surface area is 192 Å². The van der Waals surface area contributed by atoms with E-state index in [1.54, 1.807) is 23.1 Å². The Kier molecular flexibility index (Phi) is 8.84. The van der Waals surface area contributed by atoms with E-state index in [0.29, 0.717) is 28.0 Å². The summed E-state index contributed by atoms with van der Waals surface area (Å²) in [6.45, 7) is 2.25. The molecule has 0 aromatic heterocycles. The molecule has 0 aliphatic heterocycles. The molecular formula is C20H24Cl2N4O4S. The SMILES string of the molecule is CCN(CC(=O)Nc1ccc(S(=O)(=O)N(C)C)cc1)CC(=O)Nc1cc(Cl)ccc1Cl. The van der Waals surface area contributed by atoms with Crippen molar-refractivity contribution in [1.82, 2.24) is 9.21 Å². The minimum Gasteiger partial charge on any atom is -0.325 e. The van der Waals surface area contributed by atoms with Crippen molar-refractivity contribution in [2.24, 2.45) is 0 Å². The summed E-state index contributed by atoms with van der Waals surface area (Å²) in [5.41, 5.74) is 0.848. The summed E-state index contributed by atoms with van der Waals surface area (Å²) in [5.74, 6) is -0.671. The summed E-state index contributed by atoms with van der Waals surface area (Å²) in [7, 11) is -0.649. The van der Waals surface area contributed by atoms with E-state index in [0.717, 1.165) is 4.31 Å². The molecule has 2 aromatic carbocycles. The van der Waals surface area contributed by atoms with Crippen LogP contribution in [0.4, 0.5) is 11.4 Å². The van der Waals surface area contributed by atoms with Gasteiger partial charge >= 0.3 is 0 Å². The summed E-state index contributed by atoms with van der Waals surface area (Å²) in [6, 6.07) is 10.6. The van der Waals surface area contributed by atoms with Gasteiger partial charge in [0.05, 0.1) is 28.7 Å². The van der Waals surface area contributed by atoms with Crippen molar-refractivity contribution in [2.75, 3.05) is 44.4 Å². The molecule has 0 saturated heterocycles. The zero-order valence-electron chi connectivity index (χ0n) is 17.4. The molecule has 11 heteroatoms. The molecule has 168 valence electrons. The van der Waals surface area contributed by atoms with E-state index in [-0.39, 0.29) is 29.8 Å². The standard InChI is InChI=1S/C20H24Cl2N4O4S/c1-4-26(13-20(28)24-18-11-14(21)5-10-17(18)22)12-19(27)23-15-6-8-16(9-7-15)31(29,30)25(2)3/h5-11H,4,12-13H2,1-3H3,(H,23,27)(H,24,28). The number of benzene rings is 2. The van der Waals surface area contributed by atoms with Crippen LogP contribution in [-0.2, 0) is 19.6 Å². The number of halogens is 2. The Hall–Kier alpha value is -2.17. The monoisotopic (exact) mass is 486 g/mol. The number of carbonyl (C=O) groups excluding carboxylic acids is 2. The second-order valence-corrected chi connectivity index (χ2v) is 9.83. The normalized spacial score (nSPS) is 11.6. The Bertz CT molecular complexity index is 1040. The molecule has 2 aromatic rings. The quantitative estimate of drug-likeness (QED) is 0.567. The summed E-state index contributed by atoms with van der Waals surface area (Å²) < 4.78 is 25.3. The van der Waals surface area contributed by atoms with Gasteiger partial charge in [-0.1, -0.05) is 30.1 Å². The number of hydrogen-bond donors (Lipinski definition) is 2. The predicted octanol–water partition coefficient (Wildman–Crippen LogP) is 3.14. The summed E-state index contributed by atoms with van der Waals surface area (Å²) in [4.78, 5) is 26.5. The van der Waals surface area contributed by atoms with Crippen LogP contribution in [0.1, 0.15) is 6.92 Å². The van der Waals surface area contributed by atoms with E-state index in [2.05, 4.69) is 10.6 Å². The maximum atomic E-state index is 12.4. The van der Waals surface area contributed by atoms with Gasteiger partial charge in [-0.15, -0.1) is 0 Å². The number of nitrogens with zero attached hydrogens (tertiary/aromatic N) is 2. The molecule has 8 nitrogen and oxygen atoms in total. The third-order valence-electron chi connectivity index (χ3n) is 4.30. The van der Waals surface area contributed by atoms with E-state index < -0.39 is 10.0 Å². The van der Waals surface area contributed by atoms with Crippen LogP contribution in [-0.4, -0.2) is 63.2 Å². The molecule has 2 N–H and O–H groups in total. The zero-order valence-corrected chi connectivity index (χ0v) is 19.7. The van der Waals surface area contributed by atoms with Gasteiger partial charge in [0, 0.05) is 24.8 Å². The number of nitrogens with one attached hydrogen (secondary N) is 2. The van der Waals surface area contributed by atoms with Crippen molar-refractivity contribution in [3.8, 4) is 0 Å². The van der Waals surface area contributed by atoms with Crippen LogP contribution in [0.2, 0.25) is 10.0 Å². The van der Waals surface area contributed by atoms with Crippen LogP contribution in [0.25, 0.3) is 0 Å². The third kappa shape index (κ3) is 7.19. The van der Waals surface area contributed by atoms with Crippen molar-refractivity contribution < 1.29 is 18.0 Å². The van der Waals surface area contributed by atoms with Crippen LogP contribution in [0.3, 0.4) is 0 Å². The lowest BCUT2D eigenvalue weighted by atomic mass is 10.3. The lowest BCUT2D eigenvalue weighted by Crippen LogP contribution is -2.38. The maximum absolute atomic E-state index is 12.4. The Morgan fingerprint density at radius 1 is 0.935 bits per heavy atom. The maximum Gasteiger partial charge on any atom is 0.242 e. The van der Waals surface area contributed by atoms with E-state index >= 15 is 0 Å². The average Bonchev–Trinajstić information content (AvgIpc) is 2.70. The molecule has 0 saturated carbocycles. The number of sulfonamides is 1. The van der Waals surface area contributed by atoms with Crippen LogP contribution < -0.4 is 10.6 Å². The number of likely N-dealkylation sites (N-methyl/N-ethyl adjacent to an activating group) is 1. The molecule has 0 aliphatic carbocycles. The van der Waals surface area contributed by atoms with Crippen molar-refractivity contribution in [3.63, 3.8) is 0 Å². The average molecular weight is 487 g/mol. The van der Waals surface area contributed by atoms with Gasteiger partial charge in [0.15, 0.2) is 0 Å². The Morgan fingerprint density at radius 2 is 1.52 bits per heavy atom. The van der Waals surface area contributed by atoms with Crippen LogP contribution in [0.15, 0.2) is 47.4 Å². The highest BCUT2D eigenvalue weighted by Gasteiger charge is 2.18. The molecule has 31 heavy (non-hydrogen) atoms. The van der Waals surface area contributed by atoms with Crippen LogP contribution >= 0.6 is 23.2 Å². The van der Waals surface area contributed by atoms with Gasteiger partial charge in [0.25, 0.3) is 0 Å². The summed E-state index contributed by atoms with van der Waals surface area (Å²) in [6.07, 6.45) is 0. The minimum atomic E-state index is -3.54. The Morgan fingerprint density at radius 3 is 2.06 bits per heavy atom. The number of carbonyl (C=O) groups is 2. The molecular weight excluding hydrogens is 463 g/mol. The third-order valence-corrected chi connectivity index (χ3v) is 6.69. The van der Waals surface area contributed by atoms with Gasteiger partial charge in [-0.05, 0) is 49.0 Å². The molecule has 0 heterocycles. The molecule has 2 amide bonds. The highest BCUT2D eigenvalue weighted by molar-refractivity contribution is 7.89. The Balaban J connectivity index is 1.94. The number of rotatable bonds is 9. The number of anilines is 2. The molecule has 0 unspecified atom stereocenters. The van der Waals surface area contributed by atoms with Crippen molar-refractivity contribution in [3.05, 3.63) is 52.5 Å². The van der Waals surface area contributed by atoms with Crippen LogP contribution in [0, 0.1) is 0 Å². The first-order valence-corrected chi connectivity index (χ1v) is 11.5.